The van der Waals surface area contributed by atoms with Gasteiger partial charge in [0, 0.05) is 28.0 Å². The topological polar surface area (TPSA) is 85.6 Å². The highest BCUT2D eigenvalue weighted by Gasteiger charge is 2.37. The van der Waals surface area contributed by atoms with E-state index in [4.69, 9.17) is 0 Å². The molecule has 1 amide bonds. The molecule has 0 spiro atoms. The van der Waals surface area contributed by atoms with Crippen molar-refractivity contribution in [1.29, 1.82) is 0 Å². The number of aromatic nitrogens is 5. The number of carbonyl (C=O) groups excluding carboxylic acids is 1. The van der Waals surface area contributed by atoms with E-state index in [-0.39, 0.29) is 17.3 Å². The molecule has 1 N–H and O–H groups in total. The molecule has 1 aromatic carbocycles. The summed E-state index contributed by atoms with van der Waals surface area (Å²) < 4.78 is 42.0. The first-order valence-corrected chi connectivity index (χ1v) is 9.59. The molecule has 11 heteroatoms. The molecule has 0 atom stereocenters. The summed E-state index contributed by atoms with van der Waals surface area (Å²) in [6, 6.07) is 13.5. The minimum Gasteiger partial charge on any atom is -0.305 e. The number of alkyl halides is 3. The maximum atomic E-state index is 13.5. The average molecular weight is 489 g/mol. The van der Waals surface area contributed by atoms with Crippen LogP contribution >= 0.6 is 15.9 Å². The summed E-state index contributed by atoms with van der Waals surface area (Å²) in [4.78, 5) is 16.2. The van der Waals surface area contributed by atoms with E-state index in [0.717, 1.165) is 10.5 Å². The molecular weight excluding hydrogens is 477 g/mol. The first-order valence-electron chi connectivity index (χ1n) is 8.80. The van der Waals surface area contributed by atoms with E-state index in [0.29, 0.717) is 15.8 Å². The van der Waals surface area contributed by atoms with E-state index in [1.807, 2.05) is 0 Å². The van der Waals surface area contributed by atoms with Crippen LogP contribution in [0.15, 0.2) is 71.5 Å². The van der Waals surface area contributed by atoms with E-state index >= 15 is 0 Å². The van der Waals surface area contributed by atoms with Crippen LogP contribution in [-0.2, 0) is 6.18 Å². The van der Waals surface area contributed by atoms with Gasteiger partial charge in [0.1, 0.15) is 0 Å². The molecule has 0 unspecified atom stereocenters. The van der Waals surface area contributed by atoms with Gasteiger partial charge < -0.3 is 5.32 Å². The maximum Gasteiger partial charge on any atom is 0.433 e. The second-order valence-corrected chi connectivity index (χ2v) is 7.22. The zero-order chi connectivity index (χ0) is 22.0. The number of hydrogen-bond acceptors (Lipinski definition) is 5. The number of anilines is 1. The first-order chi connectivity index (χ1) is 14.8. The fraction of sp³-hybridized carbons (Fsp3) is 0.0500. The van der Waals surface area contributed by atoms with Gasteiger partial charge >= 0.3 is 6.18 Å². The van der Waals surface area contributed by atoms with Crippen molar-refractivity contribution in [2.45, 2.75) is 6.18 Å². The molecule has 4 aromatic rings. The maximum absolute atomic E-state index is 13.5. The lowest BCUT2D eigenvalue weighted by atomic mass is 10.2. The standard InChI is InChI=1S/C20H12BrF3N6O/c21-14-5-1-3-12(9-14)19(31)26-17-6-7-18(28-27-17)30-16(20(22,23)24)10-15(29-30)13-4-2-8-25-11-13/h1-11H,(H,26,27,31). The molecule has 0 bridgehead atoms. The van der Waals surface area contributed by atoms with Crippen molar-refractivity contribution in [3.8, 4) is 17.1 Å². The van der Waals surface area contributed by atoms with Gasteiger partial charge in [-0.1, -0.05) is 22.0 Å². The highest BCUT2D eigenvalue weighted by molar-refractivity contribution is 9.10. The molecule has 0 saturated carbocycles. The summed E-state index contributed by atoms with van der Waals surface area (Å²) in [5.74, 6) is -0.498. The minimum atomic E-state index is -4.66. The Bertz CT molecular complexity index is 1230. The van der Waals surface area contributed by atoms with Gasteiger partial charge in [-0.2, -0.15) is 18.3 Å². The van der Waals surface area contributed by atoms with E-state index in [2.05, 4.69) is 41.5 Å². The van der Waals surface area contributed by atoms with E-state index in [1.165, 1.54) is 24.5 Å². The molecular formula is C20H12BrF3N6O. The number of benzene rings is 1. The monoisotopic (exact) mass is 488 g/mol. The molecule has 0 saturated heterocycles. The number of nitrogens with zero attached hydrogens (tertiary/aromatic N) is 5. The lowest BCUT2D eigenvalue weighted by Gasteiger charge is -2.09. The van der Waals surface area contributed by atoms with Gasteiger partial charge in [0.25, 0.3) is 5.91 Å². The van der Waals surface area contributed by atoms with Gasteiger partial charge in [-0.3, -0.25) is 9.78 Å². The Morgan fingerprint density at radius 2 is 1.87 bits per heavy atom. The lowest BCUT2D eigenvalue weighted by Crippen LogP contribution is -2.16. The van der Waals surface area contributed by atoms with Gasteiger partial charge in [-0.25, -0.2) is 4.68 Å². The van der Waals surface area contributed by atoms with Gasteiger partial charge in [-0.15, -0.1) is 10.2 Å². The van der Waals surface area contributed by atoms with Crippen molar-refractivity contribution in [1.82, 2.24) is 25.0 Å². The molecule has 3 aromatic heterocycles. The molecule has 0 aliphatic heterocycles. The fourth-order valence-electron chi connectivity index (χ4n) is 2.74. The molecule has 0 aliphatic carbocycles. The normalized spacial score (nSPS) is 11.4. The third-order valence-electron chi connectivity index (χ3n) is 4.15. The van der Waals surface area contributed by atoms with Crippen molar-refractivity contribution >= 4 is 27.7 Å². The van der Waals surface area contributed by atoms with Crippen LogP contribution in [0.3, 0.4) is 0 Å². The quantitative estimate of drug-likeness (QED) is 0.447. The average Bonchev–Trinajstić information content (AvgIpc) is 3.21. The molecule has 0 aliphatic rings. The van der Waals surface area contributed by atoms with Crippen LogP contribution in [0.2, 0.25) is 0 Å². The van der Waals surface area contributed by atoms with Gasteiger partial charge in [0.2, 0.25) is 0 Å². The van der Waals surface area contributed by atoms with Crippen LogP contribution in [0.5, 0.6) is 0 Å². The van der Waals surface area contributed by atoms with Crippen molar-refractivity contribution in [3.63, 3.8) is 0 Å². The molecule has 3 heterocycles. The summed E-state index contributed by atoms with van der Waals surface area (Å²) in [7, 11) is 0. The first kappa shape index (κ1) is 20.7. The van der Waals surface area contributed by atoms with E-state index in [9.17, 15) is 18.0 Å². The smallest absolute Gasteiger partial charge is 0.305 e. The Morgan fingerprint density at radius 1 is 1.03 bits per heavy atom. The number of pyridine rings is 1. The number of rotatable bonds is 4. The third-order valence-corrected chi connectivity index (χ3v) is 4.65. The molecule has 156 valence electrons. The predicted molar refractivity (Wildman–Crippen MR) is 109 cm³/mol. The SMILES string of the molecule is O=C(Nc1ccc(-n2nc(-c3cccnc3)cc2C(F)(F)F)nn1)c1cccc(Br)c1. The van der Waals surface area contributed by atoms with Crippen LogP contribution in [0.1, 0.15) is 16.1 Å². The van der Waals surface area contributed by atoms with Gasteiger partial charge in [0.05, 0.1) is 5.69 Å². The molecule has 31 heavy (non-hydrogen) atoms. The predicted octanol–water partition coefficient (Wildman–Crippen LogP) is 4.76. The lowest BCUT2D eigenvalue weighted by molar-refractivity contribution is -0.142. The summed E-state index contributed by atoms with van der Waals surface area (Å²) in [6.45, 7) is 0. The summed E-state index contributed by atoms with van der Waals surface area (Å²) >= 11 is 3.28. The highest BCUT2D eigenvalue weighted by Crippen LogP contribution is 2.33. The Morgan fingerprint density at radius 3 is 2.52 bits per heavy atom. The number of amides is 1. The Hall–Kier alpha value is -3.60. The summed E-state index contributed by atoms with van der Waals surface area (Å²) in [6.07, 6.45) is -1.74. The molecule has 0 fully saturated rings. The highest BCUT2D eigenvalue weighted by atomic mass is 79.9. The third kappa shape index (κ3) is 4.61. The number of halogens is 4. The van der Waals surface area contributed by atoms with Crippen molar-refractivity contribution in [2.75, 3.05) is 5.32 Å². The van der Waals surface area contributed by atoms with Crippen LogP contribution < -0.4 is 5.32 Å². The molecule has 4 rings (SSSR count). The second kappa shape index (κ2) is 8.26. The van der Waals surface area contributed by atoms with E-state index in [1.54, 1.807) is 36.4 Å². The van der Waals surface area contributed by atoms with Crippen molar-refractivity contribution in [3.05, 3.63) is 82.7 Å². The Kier molecular flexibility index (Phi) is 5.51. The Balaban J connectivity index is 1.63. The molecule has 0 radical (unpaired) electrons. The molecule has 7 nitrogen and oxygen atoms in total. The summed E-state index contributed by atoms with van der Waals surface area (Å²) in [5, 5.41) is 14.2. The van der Waals surface area contributed by atoms with Crippen LogP contribution in [0, 0.1) is 0 Å². The number of nitrogens with one attached hydrogen (secondary N) is 1. The number of hydrogen-bond donors (Lipinski definition) is 1. The number of carbonyl (C=O) groups is 1. The zero-order valence-electron chi connectivity index (χ0n) is 15.5. The minimum absolute atomic E-state index is 0.0851. The second-order valence-electron chi connectivity index (χ2n) is 6.31. The fourth-order valence-corrected chi connectivity index (χ4v) is 3.14. The largest absolute Gasteiger partial charge is 0.433 e. The van der Waals surface area contributed by atoms with Crippen LogP contribution in [-0.4, -0.2) is 30.9 Å². The van der Waals surface area contributed by atoms with Gasteiger partial charge in [0.15, 0.2) is 17.3 Å². The Labute approximate surface area is 182 Å². The van der Waals surface area contributed by atoms with Gasteiger partial charge in [-0.05, 0) is 48.5 Å². The van der Waals surface area contributed by atoms with E-state index < -0.39 is 17.8 Å². The van der Waals surface area contributed by atoms with Crippen LogP contribution in [0.4, 0.5) is 19.0 Å². The van der Waals surface area contributed by atoms with Crippen LogP contribution in [0.25, 0.3) is 17.1 Å². The van der Waals surface area contributed by atoms with Crippen molar-refractivity contribution in [2.24, 2.45) is 0 Å². The van der Waals surface area contributed by atoms with Crippen molar-refractivity contribution < 1.29 is 18.0 Å². The zero-order valence-corrected chi connectivity index (χ0v) is 17.1. The summed E-state index contributed by atoms with van der Waals surface area (Å²) in [5.41, 5.74) is -0.105.